The summed E-state index contributed by atoms with van der Waals surface area (Å²) in [6.07, 6.45) is 2.04. The highest BCUT2D eigenvalue weighted by Crippen LogP contribution is 2.19. The summed E-state index contributed by atoms with van der Waals surface area (Å²) in [4.78, 5) is 0.839. The number of rotatable bonds is 3. The maximum atomic E-state index is 12.1. The molecule has 1 unspecified atom stereocenters. The summed E-state index contributed by atoms with van der Waals surface area (Å²) >= 11 is 0. The van der Waals surface area contributed by atoms with Crippen molar-refractivity contribution in [3.63, 3.8) is 0 Å². The Morgan fingerprint density at radius 3 is 2.81 bits per heavy atom. The molecule has 0 bridgehead atoms. The first-order valence-electron chi connectivity index (χ1n) is 5.57. The number of ether oxygens (including phenoxy) is 1. The van der Waals surface area contributed by atoms with Crippen molar-refractivity contribution in [3.8, 4) is 0 Å². The minimum Gasteiger partial charge on any atom is -0.399 e. The average Bonchev–Trinajstić information content (AvgIpc) is 2.30. The second kappa shape index (κ2) is 5.46. The maximum Gasteiger partial charge on any atom is 0.0533 e. The van der Waals surface area contributed by atoms with Gasteiger partial charge in [-0.2, -0.15) is 0 Å². The molecule has 0 aliphatic carbocycles. The van der Waals surface area contributed by atoms with Crippen LogP contribution in [0.5, 0.6) is 0 Å². The van der Waals surface area contributed by atoms with Gasteiger partial charge in [-0.15, -0.1) is 0 Å². The lowest BCUT2D eigenvalue weighted by Crippen LogP contribution is -2.21. The van der Waals surface area contributed by atoms with E-state index in [4.69, 9.17) is 10.5 Å². The fraction of sp³-hybridized carbons (Fsp3) is 0.500. The van der Waals surface area contributed by atoms with Gasteiger partial charge in [0, 0.05) is 29.5 Å². The molecule has 0 radical (unpaired) electrons. The summed E-state index contributed by atoms with van der Waals surface area (Å²) in [5, 5.41) is 0. The van der Waals surface area contributed by atoms with Gasteiger partial charge in [-0.25, -0.2) is 0 Å². The first-order chi connectivity index (χ1) is 7.75. The fourth-order valence-corrected chi connectivity index (χ4v) is 3.33. The van der Waals surface area contributed by atoms with E-state index in [1.54, 1.807) is 6.07 Å². The zero-order valence-corrected chi connectivity index (χ0v) is 10.0. The lowest BCUT2D eigenvalue weighted by Gasteiger charge is -2.21. The quantitative estimate of drug-likeness (QED) is 0.818. The van der Waals surface area contributed by atoms with Crippen LogP contribution in [0.15, 0.2) is 29.2 Å². The number of nitrogens with two attached hydrogens (primary N) is 1. The number of hydrogen-bond donors (Lipinski definition) is 1. The van der Waals surface area contributed by atoms with Gasteiger partial charge < -0.3 is 10.5 Å². The van der Waals surface area contributed by atoms with Crippen LogP contribution in [0.1, 0.15) is 12.8 Å². The van der Waals surface area contributed by atoms with Crippen LogP contribution in [0.3, 0.4) is 0 Å². The Hall–Kier alpha value is -0.870. The summed E-state index contributed by atoms with van der Waals surface area (Å²) < 4.78 is 17.4. The predicted molar refractivity (Wildman–Crippen MR) is 65.7 cm³/mol. The monoisotopic (exact) mass is 239 g/mol. The molecular formula is C12H17NO2S. The number of nitrogen functional groups attached to an aromatic ring is 1. The Morgan fingerprint density at radius 1 is 1.38 bits per heavy atom. The lowest BCUT2D eigenvalue weighted by atomic mass is 10.0. The van der Waals surface area contributed by atoms with Crippen LogP contribution >= 0.6 is 0 Å². The Kier molecular flexibility index (Phi) is 3.96. The second-order valence-corrected chi connectivity index (χ2v) is 5.64. The molecule has 1 saturated heterocycles. The number of benzene rings is 1. The molecule has 88 valence electrons. The fourth-order valence-electron chi connectivity index (χ4n) is 1.88. The smallest absolute Gasteiger partial charge is 0.0533 e. The van der Waals surface area contributed by atoms with E-state index in [0.29, 0.717) is 11.6 Å². The van der Waals surface area contributed by atoms with E-state index in [1.807, 2.05) is 18.2 Å². The van der Waals surface area contributed by atoms with Gasteiger partial charge in [0.1, 0.15) is 0 Å². The van der Waals surface area contributed by atoms with Gasteiger partial charge in [0.05, 0.1) is 10.8 Å². The van der Waals surface area contributed by atoms with Gasteiger partial charge >= 0.3 is 0 Å². The van der Waals surface area contributed by atoms with Crippen molar-refractivity contribution in [1.29, 1.82) is 0 Å². The van der Waals surface area contributed by atoms with Crippen molar-refractivity contribution in [2.75, 3.05) is 24.7 Å². The summed E-state index contributed by atoms with van der Waals surface area (Å²) in [5.41, 5.74) is 6.35. The largest absolute Gasteiger partial charge is 0.399 e. The minimum absolute atomic E-state index is 0.524. The molecule has 1 aromatic rings. The Labute approximate surface area is 98.4 Å². The first kappa shape index (κ1) is 11.6. The van der Waals surface area contributed by atoms with E-state index in [0.717, 1.165) is 36.7 Å². The molecule has 1 aromatic carbocycles. The highest BCUT2D eigenvalue weighted by atomic mass is 32.2. The van der Waals surface area contributed by atoms with Gasteiger partial charge in [-0.3, -0.25) is 4.21 Å². The van der Waals surface area contributed by atoms with Crippen molar-refractivity contribution in [2.45, 2.75) is 17.7 Å². The summed E-state index contributed by atoms with van der Waals surface area (Å²) in [6, 6.07) is 7.35. The zero-order valence-electron chi connectivity index (χ0n) is 9.22. The van der Waals surface area contributed by atoms with Crippen LogP contribution in [0.4, 0.5) is 5.69 Å². The molecule has 2 N–H and O–H groups in total. The molecule has 0 saturated carbocycles. The van der Waals surface area contributed by atoms with Crippen LogP contribution in [0.2, 0.25) is 0 Å². The average molecular weight is 239 g/mol. The van der Waals surface area contributed by atoms with Crippen molar-refractivity contribution in [3.05, 3.63) is 24.3 Å². The van der Waals surface area contributed by atoms with Crippen molar-refractivity contribution >= 4 is 16.5 Å². The normalized spacial score (nSPS) is 19.5. The molecule has 16 heavy (non-hydrogen) atoms. The minimum atomic E-state index is -0.927. The van der Waals surface area contributed by atoms with E-state index >= 15 is 0 Å². The SMILES string of the molecule is Nc1cccc(S(=O)CC2CCOCC2)c1. The third-order valence-corrected chi connectivity index (χ3v) is 4.40. The third kappa shape index (κ3) is 3.06. The molecular weight excluding hydrogens is 222 g/mol. The third-order valence-electron chi connectivity index (χ3n) is 2.85. The topological polar surface area (TPSA) is 52.3 Å². The Bertz CT molecular complexity index is 375. The summed E-state index contributed by atoms with van der Waals surface area (Å²) in [6.45, 7) is 1.61. The van der Waals surface area contributed by atoms with Crippen molar-refractivity contribution in [2.24, 2.45) is 5.92 Å². The Balaban J connectivity index is 1.97. The van der Waals surface area contributed by atoms with Crippen LogP contribution in [0.25, 0.3) is 0 Å². The van der Waals surface area contributed by atoms with Gasteiger partial charge in [-0.05, 0) is 37.0 Å². The molecule has 4 heteroatoms. The molecule has 0 spiro atoms. The molecule has 1 heterocycles. The van der Waals surface area contributed by atoms with Crippen LogP contribution in [-0.4, -0.2) is 23.2 Å². The highest BCUT2D eigenvalue weighted by molar-refractivity contribution is 7.85. The molecule has 0 aromatic heterocycles. The van der Waals surface area contributed by atoms with Crippen LogP contribution in [0, 0.1) is 5.92 Å². The van der Waals surface area contributed by atoms with Gasteiger partial charge in [0.15, 0.2) is 0 Å². The standard InChI is InChI=1S/C12H17NO2S/c13-11-2-1-3-12(8-11)16(14)9-10-4-6-15-7-5-10/h1-3,8,10H,4-7,9,13H2. The van der Waals surface area contributed by atoms with E-state index in [-0.39, 0.29) is 0 Å². The van der Waals surface area contributed by atoms with Crippen LogP contribution < -0.4 is 5.73 Å². The predicted octanol–water partition coefficient (Wildman–Crippen LogP) is 1.80. The second-order valence-electron chi connectivity index (χ2n) is 4.14. The summed E-state index contributed by atoms with van der Waals surface area (Å²) in [7, 11) is -0.927. The first-order valence-corrected chi connectivity index (χ1v) is 6.89. The molecule has 0 amide bonds. The van der Waals surface area contributed by atoms with Crippen molar-refractivity contribution < 1.29 is 8.95 Å². The summed E-state index contributed by atoms with van der Waals surface area (Å²) in [5.74, 6) is 1.25. The highest BCUT2D eigenvalue weighted by Gasteiger charge is 2.17. The maximum absolute atomic E-state index is 12.1. The van der Waals surface area contributed by atoms with E-state index in [9.17, 15) is 4.21 Å². The Morgan fingerprint density at radius 2 is 2.12 bits per heavy atom. The van der Waals surface area contributed by atoms with Gasteiger partial charge in [-0.1, -0.05) is 6.07 Å². The zero-order chi connectivity index (χ0) is 11.4. The van der Waals surface area contributed by atoms with E-state index < -0.39 is 10.8 Å². The lowest BCUT2D eigenvalue weighted by molar-refractivity contribution is 0.0725. The van der Waals surface area contributed by atoms with Crippen molar-refractivity contribution in [1.82, 2.24) is 0 Å². The molecule has 1 fully saturated rings. The number of hydrogen-bond acceptors (Lipinski definition) is 3. The molecule has 1 aliphatic rings. The van der Waals surface area contributed by atoms with Crippen LogP contribution in [-0.2, 0) is 15.5 Å². The molecule has 1 aliphatic heterocycles. The van der Waals surface area contributed by atoms with E-state index in [1.165, 1.54) is 0 Å². The van der Waals surface area contributed by atoms with Gasteiger partial charge in [0.25, 0.3) is 0 Å². The molecule has 3 nitrogen and oxygen atoms in total. The van der Waals surface area contributed by atoms with Gasteiger partial charge in [0.2, 0.25) is 0 Å². The molecule has 1 atom stereocenters. The van der Waals surface area contributed by atoms with E-state index in [2.05, 4.69) is 0 Å². The molecule has 2 rings (SSSR count). The number of anilines is 1.